The number of rotatable bonds is 0. The van der Waals surface area contributed by atoms with E-state index in [4.69, 9.17) is 0 Å². The van der Waals surface area contributed by atoms with Crippen LogP contribution in [0.25, 0.3) is 0 Å². The van der Waals surface area contributed by atoms with Gasteiger partial charge in [-0.3, -0.25) is 5.32 Å². The van der Waals surface area contributed by atoms with Crippen LogP contribution in [0.15, 0.2) is 29.2 Å². The molecule has 1 atom stereocenters. The predicted octanol–water partition coefficient (Wildman–Crippen LogP) is 2.13. The first-order valence-corrected chi connectivity index (χ1v) is 8.74. The molecule has 1 aromatic carbocycles. The topological polar surface area (TPSA) is 46.2 Å². The lowest BCUT2D eigenvalue weighted by molar-refractivity contribution is 0.354. The molecule has 0 bridgehead atoms. The van der Waals surface area contributed by atoms with Gasteiger partial charge in [0.15, 0.2) is 9.84 Å². The van der Waals surface area contributed by atoms with Gasteiger partial charge in [0.05, 0.1) is 15.5 Å². The molecule has 0 saturated carbocycles. The van der Waals surface area contributed by atoms with E-state index in [0.29, 0.717) is 11.3 Å². The lowest BCUT2D eigenvalue weighted by atomic mass is 9.99. The minimum Gasteiger partial charge on any atom is -0.293 e. The smallest absolute Gasteiger partial charge is 0.178 e. The first-order chi connectivity index (χ1) is 8.35. The summed E-state index contributed by atoms with van der Waals surface area (Å²) >= 11 is 1.84. The monoisotopic (exact) mass is 283 g/mol. The second-order valence-corrected chi connectivity index (χ2v) is 9.04. The first kappa shape index (κ1) is 12.5. The molecule has 0 aromatic heterocycles. The molecule has 1 N–H and O–H groups in total. The lowest BCUT2D eigenvalue weighted by Gasteiger charge is -2.36. The summed E-state index contributed by atoms with van der Waals surface area (Å²) < 4.78 is 24.3. The fourth-order valence-electron chi connectivity index (χ4n) is 2.80. The summed E-state index contributed by atoms with van der Waals surface area (Å²) in [5.41, 5.74) is 0.991. The summed E-state index contributed by atoms with van der Waals surface area (Å²) in [6.07, 6.45) is 0.653. The third-order valence-corrected chi connectivity index (χ3v) is 7.25. The third-order valence-electron chi connectivity index (χ3n) is 3.60. The van der Waals surface area contributed by atoms with Crippen molar-refractivity contribution >= 4 is 21.6 Å². The van der Waals surface area contributed by atoms with Gasteiger partial charge in [-0.2, -0.15) is 0 Å². The van der Waals surface area contributed by atoms with Crippen molar-refractivity contribution in [3.8, 4) is 0 Å². The highest BCUT2D eigenvalue weighted by Gasteiger charge is 2.49. The molecule has 1 spiro atoms. The molecule has 0 radical (unpaired) electrons. The van der Waals surface area contributed by atoms with Crippen molar-refractivity contribution in [3.63, 3.8) is 0 Å². The zero-order chi connectivity index (χ0) is 13.0. The van der Waals surface area contributed by atoms with E-state index in [2.05, 4.69) is 19.2 Å². The van der Waals surface area contributed by atoms with Crippen LogP contribution in [0.4, 0.5) is 0 Å². The van der Waals surface area contributed by atoms with Gasteiger partial charge in [0.25, 0.3) is 0 Å². The van der Waals surface area contributed by atoms with Gasteiger partial charge in [0, 0.05) is 16.9 Å². The van der Waals surface area contributed by atoms with E-state index in [0.717, 1.165) is 11.3 Å². The number of benzene rings is 1. The maximum absolute atomic E-state index is 12.1. The van der Waals surface area contributed by atoms with Crippen LogP contribution in [-0.4, -0.2) is 25.5 Å². The second-order valence-electron chi connectivity index (χ2n) is 5.69. The summed E-state index contributed by atoms with van der Waals surface area (Å²) in [5, 5.41) is 3.64. The van der Waals surface area contributed by atoms with E-state index in [1.807, 2.05) is 23.9 Å². The van der Waals surface area contributed by atoms with Crippen LogP contribution in [-0.2, 0) is 14.7 Å². The van der Waals surface area contributed by atoms with Crippen molar-refractivity contribution in [2.24, 2.45) is 0 Å². The first-order valence-electron chi connectivity index (χ1n) is 6.10. The Kier molecular flexibility index (Phi) is 2.60. The summed E-state index contributed by atoms with van der Waals surface area (Å²) in [6, 6.07) is 7.42. The zero-order valence-electron chi connectivity index (χ0n) is 10.6. The van der Waals surface area contributed by atoms with Crippen molar-refractivity contribution in [3.05, 3.63) is 29.8 Å². The molecule has 2 heterocycles. The summed E-state index contributed by atoms with van der Waals surface area (Å²) in [7, 11) is -3.10. The fourth-order valence-corrected chi connectivity index (χ4v) is 6.26. The van der Waals surface area contributed by atoms with Gasteiger partial charge < -0.3 is 0 Å². The molecule has 1 saturated heterocycles. The second kappa shape index (κ2) is 3.74. The van der Waals surface area contributed by atoms with E-state index in [-0.39, 0.29) is 16.2 Å². The van der Waals surface area contributed by atoms with Crippen molar-refractivity contribution < 1.29 is 8.42 Å². The van der Waals surface area contributed by atoms with Crippen LogP contribution < -0.4 is 5.32 Å². The Balaban J connectivity index is 2.17. The molecule has 1 fully saturated rings. The van der Waals surface area contributed by atoms with E-state index in [1.165, 1.54) is 0 Å². The number of sulfone groups is 1. The highest BCUT2D eigenvalue weighted by molar-refractivity contribution is 8.00. The molecule has 3 nitrogen and oxygen atoms in total. The highest BCUT2D eigenvalue weighted by Crippen LogP contribution is 2.50. The van der Waals surface area contributed by atoms with Crippen molar-refractivity contribution in [1.82, 2.24) is 5.32 Å². The Morgan fingerprint density at radius 3 is 2.67 bits per heavy atom. The van der Waals surface area contributed by atoms with E-state index in [1.54, 1.807) is 12.1 Å². The lowest BCUT2D eigenvalue weighted by Crippen LogP contribution is -2.48. The fraction of sp³-hybridized carbons (Fsp3) is 0.538. The summed E-state index contributed by atoms with van der Waals surface area (Å²) in [6.45, 7) is 4.33. The third kappa shape index (κ3) is 1.80. The van der Waals surface area contributed by atoms with E-state index in [9.17, 15) is 8.42 Å². The maximum atomic E-state index is 12.1. The molecule has 18 heavy (non-hydrogen) atoms. The normalized spacial score (nSPS) is 32.3. The van der Waals surface area contributed by atoms with Crippen LogP contribution in [0.1, 0.15) is 25.8 Å². The molecule has 98 valence electrons. The molecule has 5 heteroatoms. The van der Waals surface area contributed by atoms with Gasteiger partial charge in [0.2, 0.25) is 0 Å². The quantitative estimate of drug-likeness (QED) is 0.792. The van der Waals surface area contributed by atoms with Crippen molar-refractivity contribution in [1.29, 1.82) is 0 Å². The number of fused-ring (bicyclic) bond motifs is 2. The van der Waals surface area contributed by atoms with Crippen LogP contribution in [0, 0.1) is 0 Å². The Labute approximate surface area is 112 Å². The minimum absolute atomic E-state index is 0.0544. The number of nitrogens with one attached hydrogen (secondary N) is 1. The largest absolute Gasteiger partial charge is 0.293 e. The number of hydrogen-bond acceptors (Lipinski definition) is 4. The highest BCUT2D eigenvalue weighted by atomic mass is 32.2. The number of hydrogen-bond donors (Lipinski definition) is 1. The van der Waals surface area contributed by atoms with Gasteiger partial charge in [-0.25, -0.2) is 8.42 Å². The van der Waals surface area contributed by atoms with Gasteiger partial charge >= 0.3 is 0 Å². The zero-order valence-corrected chi connectivity index (χ0v) is 12.2. The molecule has 1 unspecified atom stereocenters. The average Bonchev–Trinajstić information content (AvgIpc) is 2.63. The summed E-state index contributed by atoms with van der Waals surface area (Å²) in [4.78, 5) is 0.291. The standard InChI is InChI=1S/C13H17NO2S2/c1-12(2)9-17-13(14-12)7-8-18(15,16)11-6-4-3-5-10(11)13/h3-6,14H,7-9H2,1-2H3. The van der Waals surface area contributed by atoms with Crippen LogP contribution in [0.2, 0.25) is 0 Å². The SMILES string of the molecule is CC1(C)CSC2(CCS(=O)(=O)c3ccccc32)N1. The molecule has 1 aromatic rings. The minimum atomic E-state index is -3.10. The Hall–Kier alpha value is -0.520. The molecule has 3 rings (SSSR count). The number of thioether (sulfide) groups is 1. The van der Waals surface area contributed by atoms with Crippen LogP contribution in [0.5, 0.6) is 0 Å². The summed E-state index contributed by atoms with van der Waals surface area (Å²) in [5.74, 6) is 1.24. The maximum Gasteiger partial charge on any atom is 0.178 e. The molecule has 0 aliphatic carbocycles. The molecule has 2 aliphatic rings. The Bertz CT molecular complexity index is 595. The van der Waals surface area contributed by atoms with Crippen LogP contribution in [0.3, 0.4) is 0 Å². The van der Waals surface area contributed by atoms with Crippen LogP contribution >= 0.6 is 11.8 Å². The van der Waals surface area contributed by atoms with Gasteiger partial charge in [-0.15, -0.1) is 11.8 Å². The van der Waals surface area contributed by atoms with Crippen molar-refractivity contribution in [2.75, 3.05) is 11.5 Å². The molecular weight excluding hydrogens is 266 g/mol. The molecular formula is C13H17NO2S2. The van der Waals surface area contributed by atoms with Gasteiger partial charge in [-0.1, -0.05) is 18.2 Å². The van der Waals surface area contributed by atoms with Gasteiger partial charge in [-0.05, 0) is 26.3 Å². The Morgan fingerprint density at radius 2 is 2.00 bits per heavy atom. The Morgan fingerprint density at radius 1 is 1.28 bits per heavy atom. The van der Waals surface area contributed by atoms with E-state index >= 15 is 0 Å². The average molecular weight is 283 g/mol. The van der Waals surface area contributed by atoms with Gasteiger partial charge in [0.1, 0.15) is 0 Å². The molecule has 0 amide bonds. The van der Waals surface area contributed by atoms with E-state index < -0.39 is 9.84 Å². The molecule has 2 aliphatic heterocycles. The van der Waals surface area contributed by atoms with Crippen molar-refractivity contribution in [2.45, 2.75) is 35.6 Å². The predicted molar refractivity (Wildman–Crippen MR) is 74.5 cm³/mol.